The lowest BCUT2D eigenvalue weighted by Gasteiger charge is -2.09. The van der Waals surface area contributed by atoms with Crippen LogP contribution in [0.3, 0.4) is 0 Å². The highest BCUT2D eigenvalue weighted by molar-refractivity contribution is 6.32. The zero-order valence-electron chi connectivity index (χ0n) is 9.09. The lowest BCUT2D eigenvalue weighted by Crippen LogP contribution is -2.00. The molecular weight excluding hydrogens is 265 g/mol. The Balaban J connectivity index is 2.14. The van der Waals surface area contributed by atoms with Crippen LogP contribution in [0.2, 0.25) is 5.02 Å². The van der Waals surface area contributed by atoms with Gasteiger partial charge in [0.15, 0.2) is 11.6 Å². The van der Waals surface area contributed by atoms with Crippen LogP contribution in [-0.2, 0) is 6.61 Å². The maximum Gasteiger partial charge on any atom is 0.165 e. The van der Waals surface area contributed by atoms with E-state index >= 15 is 0 Å². The summed E-state index contributed by atoms with van der Waals surface area (Å²) in [6, 6.07) is 7.37. The topological polar surface area (TPSA) is 9.23 Å². The first-order valence-electron chi connectivity index (χ1n) is 5.08. The van der Waals surface area contributed by atoms with Gasteiger partial charge in [-0.05, 0) is 24.3 Å². The first kappa shape index (κ1) is 12.8. The van der Waals surface area contributed by atoms with Crippen molar-refractivity contribution in [2.45, 2.75) is 6.61 Å². The minimum Gasteiger partial charge on any atom is -0.487 e. The lowest BCUT2D eigenvalue weighted by atomic mass is 10.2. The molecule has 0 saturated heterocycles. The Morgan fingerprint density at radius 1 is 1.06 bits per heavy atom. The molecule has 5 heteroatoms. The van der Waals surface area contributed by atoms with Crippen LogP contribution >= 0.6 is 11.6 Å². The Bertz CT molecular complexity index is 572. The molecule has 0 bridgehead atoms. The van der Waals surface area contributed by atoms with Crippen molar-refractivity contribution in [3.63, 3.8) is 0 Å². The molecule has 0 spiro atoms. The van der Waals surface area contributed by atoms with Crippen molar-refractivity contribution >= 4 is 11.6 Å². The van der Waals surface area contributed by atoms with Gasteiger partial charge in [-0.2, -0.15) is 0 Å². The van der Waals surface area contributed by atoms with Crippen molar-refractivity contribution in [2.24, 2.45) is 0 Å². The molecule has 0 aromatic heterocycles. The van der Waals surface area contributed by atoms with Gasteiger partial charge in [-0.1, -0.05) is 23.7 Å². The largest absolute Gasteiger partial charge is 0.487 e. The average Bonchev–Trinajstić information content (AvgIpc) is 2.33. The molecule has 0 fully saturated rings. The van der Waals surface area contributed by atoms with Crippen LogP contribution in [0.4, 0.5) is 13.2 Å². The molecule has 0 unspecified atom stereocenters. The van der Waals surface area contributed by atoms with E-state index in [1.54, 1.807) is 0 Å². The summed E-state index contributed by atoms with van der Waals surface area (Å²) in [5, 5.41) is 0.0758. The molecule has 0 aliphatic carbocycles. The Morgan fingerprint density at radius 2 is 1.83 bits per heavy atom. The monoisotopic (exact) mass is 272 g/mol. The summed E-state index contributed by atoms with van der Waals surface area (Å²) < 4.78 is 44.2. The van der Waals surface area contributed by atoms with E-state index in [2.05, 4.69) is 0 Å². The molecule has 0 atom stereocenters. The summed E-state index contributed by atoms with van der Waals surface area (Å²) in [7, 11) is 0. The van der Waals surface area contributed by atoms with Crippen LogP contribution < -0.4 is 4.74 Å². The maximum absolute atomic E-state index is 13.3. The van der Waals surface area contributed by atoms with Crippen LogP contribution in [0.15, 0.2) is 36.4 Å². The average molecular weight is 273 g/mol. The second-order valence-corrected chi connectivity index (χ2v) is 3.98. The van der Waals surface area contributed by atoms with E-state index in [9.17, 15) is 13.2 Å². The van der Waals surface area contributed by atoms with E-state index in [1.165, 1.54) is 24.3 Å². The number of halogens is 4. The normalized spacial score (nSPS) is 10.4. The molecular formula is C13H8ClF3O. The fraction of sp³-hybridized carbons (Fsp3) is 0.0769. The van der Waals surface area contributed by atoms with Crippen molar-refractivity contribution in [2.75, 3.05) is 0 Å². The quantitative estimate of drug-likeness (QED) is 0.808. The molecule has 1 nitrogen and oxygen atoms in total. The van der Waals surface area contributed by atoms with Gasteiger partial charge in [-0.25, -0.2) is 13.2 Å². The zero-order valence-corrected chi connectivity index (χ0v) is 9.85. The molecule has 0 radical (unpaired) electrons. The third-order valence-corrected chi connectivity index (χ3v) is 2.60. The standard InChI is InChI=1S/C13H8ClF3O/c14-10-6-9(15)4-5-12(10)18-7-8-2-1-3-11(16)13(8)17/h1-6H,7H2. The highest BCUT2D eigenvalue weighted by Crippen LogP contribution is 2.26. The fourth-order valence-corrected chi connectivity index (χ4v) is 1.63. The van der Waals surface area contributed by atoms with Gasteiger partial charge in [0.2, 0.25) is 0 Å². The number of rotatable bonds is 3. The number of hydrogen-bond acceptors (Lipinski definition) is 1. The number of hydrogen-bond donors (Lipinski definition) is 0. The van der Waals surface area contributed by atoms with E-state index in [-0.39, 0.29) is 22.9 Å². The van der Waals surface area contributed by atoms with Gasteiger partial charge in [0.1, 0.15) is 18.2 Å². The van der Waals surface area contributed by atoms with Crippen molar-refractivity contribution < 1.29 is 17.9 Å². The van der Waals surface area contributed by atoms with Crippen LogP contribution in [0.5, 0.6) is 5.75 Å². The van der Waals surface area contributed by atoms with Gasteiger partial charge in [0, 0.05) is 5.56 Å². The Hall–Kier alpha value is -1.68. The summed E-state index contributed by atoms with van der Waals surface area (Å²) in [6.07, 6.45) is 0. The van der Waals surface area contributed by atoms with E-state index in [1.807, 2.05) is 0 Å². The minimum absolute atomic E-state index is 0.0652. The van der Waals surface area contributed by atoms with Crippen LogP contribution in [0.25, 0.3) is 0 Å². The minimum atomic E-state index is -0.962. The van der Waals surface area contributed by atoms with E-state index in [0.717, 1.165) is 12.1 Å². The fourth-order valence-electron chi connectivity index (χ4n) is 1.41. The van der Waals surface area contributed by atoms with Gasteiger partial charge < -0.3 is 4.74 Å². The summed E-state index contributed by atoms with van der Waals surface area (Å²) in [5.74, 6) is -2.19. The molecule has 2 aromatic rings. The molecule has 2 rings (SSSR count). The van der Waals surface area contributed by atoms with Crippen LogP contribution in [-0.4, -0.2) is 0 Å². The SMILES string of the molecule is Fc1ccc(OCc2cccc(F)c2F)c(Cl)c1. The third kappa shape index (κ3) is 2.76. The Morgan fingerprint density at radius 3 is 2.56 bits per heavy atom. The van der Waals surface area contributed by atoms with E-state index in [0.29, 0.717) is 0 Å². The maximum atomic E-state index is 13.3. The predicted molar refractivity (Wildman–Crippen MR) is 62.1 cm³/mol. The van der Waals surface area contributed by atoms with Crippen molar-refractivity contribution in [3.8, 4) is 5.75 Å². The van der Waals surface area contributed by atoms with Crippen LogP contribution in [0, 0.1) is 17.5 Å². The van der Waals surface area contributed by atoms with Gasteiger partial charge in [-0.15, -0.1) is 0 Å². The van der Waals surface area contributed by atoms with E-state index in [4.69, 9.17) is 16.3 Å². The predicted octanol–water partition coefficient (Wildman–Crippen LogP) is 4.34. The first-order valence-corrected chi connectivity index (χ1v) is 5.46. The summed E-state index contributed by atoms with van der Waals surface area (Å²) in [5.41, 5.74) is 0.0652. The lowest BCUT2D eigenvalue weighted by molar-refractivity contribution is 0.297. The molecule has 0 N–H and O–H groups in total. The summed E-state index contributed by atoms with van der Waals surface area (Å²) in [6.45, 7) is -0.186. The Labute approximate surface area is 107 Å². The highest BCUT2D eigenvalue weighted by Gasteiger charge is 2.09. The molecule has 2 aromatic carbocycles. The molecule has 18 heavy (non-hydrogen) atoms. The Kier molecular flexibility index (Phi) is 3.77. The molecule has 0 heterocycles. The third-order valence-electron chi connectivity index (χ3n) is 2.31. The second-order valence-electron chi connectivity index (χ2n) is 3.58. The van der Waals surface area contributed by atoms with Gasteiger partial charge in [0.25, 0.3) is 0 Å². The van der Waals surface area contributed by atoms with Gasteiger partial charge >= 0.3 is 0 Å². The zero-order chi connectivity index (χ0) is 13.1. The van der Waals surface area contributed by atoms with Gasteiger partial charge in [0.05, 0.1) is 5.02 Å². The smallest absolute Gasteiger partial charge is 0.165 e. The molecule has 0 saturated carbocycles. The first-order chi connectivity index (χ1) is 8.58. The molecule has 0 aliphatic rings. The summed E-state index contributed by atoms with van der Waals surface area (Å²) in [4.78, 5) is 0. The second kappa shape index (κ2) is 5.31. The molecule has 0 amide bonds. The number of benzene rings is 2. The van der Waals surface area contributed by atoms with Crippen molar-refractivity contribution in [3.05, 3.63) is 64.4 Å². The van der Waals surface area contributed by atoms with Gasteiger partial charge in [-0.3, -0.25) is 0 Å². The molecule has 94 valence electrons. The van der Waals surface area contributed by atoms with Crippen molar-refractivity contribution in [1.82, 2.24) is 0 Å². The highest BCUT2D eigenvalue weighted by atomic mass is 35.5. The summed E-state index contributed by atoms with van der Waals surface area (Å²) >= 11 is 5.73. The molecule has 0 aliphatic heterocycles. The van der Waals surface area contributed by atoms with Crippen molar-refractivity contribution in [1.29, 1.82) is 0 Å². The van der Waals surface area contributed by atoms with Crippen LogP contribution in [0.1, 0.15) is 5.56 Å². The number of ether oxygens (including phenoxy) is 1. The van der Waals surface area contributed by atoms with E-state index < -0.39 is 17.5 Å².